The Kier molecular flexibility index (Phi) is 12.0. The summed E-state index contributed by atoms with van der Waals surface area (Å²) in [6.45, 7) is 5.60. The van der Waals surface area contributed by atoms with Crippen molar-refractivity contribution in [3.63, 3.8) is 0 Å². The number of benzene rings is 1. The molecule has 0 aliphatic rings. The van der Waals surface area contributed by atoms with E-state index < -0.39 is 0 Å². The number of methoxy groups -OCH3 is 1. The van der Waals surface area contributed by atoms with Crippen LogP contribution >= 0.6 is 35.6 Å². The maximum Gasteiger partial charge on any atom is 0.191 e. The average Bonchev–Trinajstić information content (AvgIpc) is 3.11. The third-order valence-corrected chi connectivity index (χ3v) is 4.21. The summed E-state index contributed by atoms with van der Waals surface area (Å²) in [5, 5.41) is 15.5. The number of rotatable bonds is 10. The Morgan fingerprint density at radius 3 is 2.78 bits per heavy atom. The molecule has 0 fully saturated rings. The van der Waals surface area contributed by atoms with Gasteiger partial charge in [0, 0.05) is 44.8 Å². The highest BCUT2D eigenvalue weighted by molar-refractivity contribution is 14.0. The third kappa shape index (κ3) is 8.44. The van der Waals surface area contributed by atoms with Gasteiger partial charge in [-0.2, -0.15) is 0 Å². The number of nitrogens with one attached hydrogen (secondary N) is 2. The van der Waals surface area contributed by atoms with Crippen LogP contribution in [-0.2, 0) is 24.2 Å². The Bertz CT molecular complexity index is 694. The highest BCUT2D eigenvalue weighted by Crippen LogP contribution is 2.15. The Hall–Kier alpha value is -1.39. The summed E-state index contributed by atoms with van der Waals surface area (Å²) in [4.78, 5) is 4.64. The molecule has 150 valence electrons. The lowest BCUT2D eigenvalue weighted by atomic mass is 10.2. The summed E-state index contributed by atoms with van der Waals surface area (Å²) in [5.41, 5.74) is 0.999. The van der Waals surface area contributed by atoms with Crippen LogP contribution in [0.1, 0.15) is 24.7 Å². The minimum Gasteiger partial charge on any atom is -0.385 e. The number of halogens is 2. The van der Waals surface area contributed by atoms with Crippen molar-refractivity contribution in [3.05, 3.63) is 47.0 Å². The Morgan fingerprint density at radius 1 is 1.26 bits per heavy atom. The van der Waals surface area contributed by atoms with Gasteiger partial charge in [-0.1, -0.05) is 36.7 Å². The molecule has 2 rings (SSSR count). The van der Waals surface area contributed by atoms with Crippen LogP contribution in [0.4, 0.5) is 0 Å². The molecular weight excluding hydrogens is 479 g/mol. The molecule has 0 bridgehead atoms. The molecule has 2 aromatic rings. The van der Waals surface area contributed by atoms with Crippen LogP contribution in [-0.4, -0.2) is 47.5 Å². The largest absolute Gasteiger partial charge is 0.385 e. The van der Waals surface area contributed by atoms with Crippen molar-refractivity contribution >= 4 is 41.5 Å². The van der Waals surface area contributed by atoms with Crippen LogP contribution in [0.2, 0.25) is 5.02 Å². The second-order valence-corrected chi connectivity index (χ2v) is 6.16. The average molecular weight is 507 g/mol. The van der Waals surface area contributed by atoms with Crippen LogP contribution in [0.3, 0.4) is 0 Å². The lowest BCUT2D eigenvalue weighted by molar-refractivity contribution is 0.195. The number of aromatic nitrogens is 3. The predicted molar refractivity (Wildman–Crippen MR) is 120 cm³/mol. The molecule has 0 saturated heterocycles. The van der Waals surface area contributed by atoms with Gasteiger partial charge in [0.25, 0.3) is 0 Å². The first-order chi connectivity index (χ1) is 12.7. The van der Waals surface area contributed by atoms with Gasteiger partial charge in [-0.25, -0.2) is 4.99 Å². The van der Waals surface area contributed by atoms with Crippen molar-refractivity contribution in [3.8, 4) is 0 Å². The van der Waals surface area contributed by atoms with Crippen molar-refractivity contribution in [2.24, 2.45) is 4.99 Å². The second kappa shape index (κ2) is 13.7. The molecule has 0 spiro atoms. The van der Waals surface area contributed by atoms with Gasteiger partial charge in [-0.15, -0.1) is 34.2 Å². The lowest BCUT2D eigenvalue weighted by Crippen LogP contribution is -2.39. The minimum atomic E-state index is 0. The molecular formula is C18H28ClIN6O. The fourth-order valence-corrected chi connectivity index (χ4v) is 2.62. The molecule has 1 aromatic heterocycles. The number of aliphatic imine (C=N–C) groups is 1. The number of hydrogen-bond acceptors (Lipinski definition) is 4. The van der Waals surface area contributed by atoms with Crippen molar-refractivity contribution in [2.75, 3.05) is 26.8 Å². The van der Waals surface area contributed by atoms with Gasteiger partial charge in [-0.3, -0.25) is 0 Å². The zero-order chi connectivity index (χ0) is 18.6. The molecule has 0 radical (unpaired) electrons. The van der Waals surface area contributed by atoms with E-state index in [0.717, 1.165) is 54.8 Å². The minimum absolute atomic E-state index is 0. The van der Waals surface area contributed by atoms with Gasteiger partial charge in [0.2, 0.25) is 0 Å². The first-order valence-electron chi connectivity index (χ1n) is 8.85. The summed E-state index contributed by atoms with van der Waals surface area (Å²) < 4.78 is 7.13. The van der Waals surface area contributed by atoms with E-state index in [2.05, 4.69) is 32.7 Å². The van der Waals surface area contributed by atoms with Gasteiger partial charge in [0.05, 0.1) is 6.54 Å². The van der Waals surface area contributed by atoms with E-state index in [4.69, 9.17) is 16.3 Å². The molecule has 0 saturated carbocycles. The van der Waals surface area contributed by atoms with Crippen LogP contribution < -0.4 is 10.6 Å². The predicted octanol–water partition coefficient (Wildman–Crippen LogP) is 2.88. The van der Waals surface area contributed by atoms with Crippen molar-refractivity contribution in [1.29, 1.82) is 0 Å². The van der Waals surface area contributed by atoms with Crippen LogP contribution in [0.25, 0.3) is 0 Å². The Labute approximate surface area is 183 Å². The topological polar surface area (TPSA) is 76.4 Å². The highest BCUT2D eigenvalue weighted by Gasteiger charge is 2.04. The quantitative estimate of drug-likeness (QED) is 0.224. The molecule has 1 aromatic carbocycles. The number of hydrogen-bond donors (Lipinski definition) is 2. The first-order valence-corrected chi connectivity index (χ1v) is 9.23. The summed E-state index contributed by atoms with van der Waals surface area (Å²) in [5.74, 6) is 1.74. The first kappa shape index (κ1) is 23.6. The zero-order valence-electron chi connectivity index (χ0n) is 15.8. The second-order valence-electron chi connectivity index (χ2n) is 5.75. The van der Waals surface area contributed by atoms with Crippen LogP contribution in [0, 0.1) is 0 Å². The summed E-state index contributed by atoms with van der Waals surface area (Å²) in [6, 6.07) is 7.75. The van der Waals surface area contributed by atoms with Crippen molar-refractivity contribution in [2.45, 2.75) is 32.9 Å². The van der Waals surface area contributed by atoms with Gasteiger partial charge in [-0.05, 0) is 18.1 Å². The summed E-state index contributed by atoms with van der Waals surface area (Å²) in [7, 11) is 1.70. The standard InChI is InChI=1S/C18H27ClN6O.HI/c1-3-17-24-23-14-25(17)11-10-21-18(20-9-6-12-26-2)22-13-15-7-4-5-8-16(15)19;/h4-5,7-8,14H,3,6,9-13H2,1-2H3,(H2,20,21,22);1H. The summed E-state index contributed by atoms with van der Waals surface area (Å²) in [6.07, 6.45) is 3.53. The fourth-order valence-electron chi connectivity index (χ4n) is 2.42. The molecule has 0 amide bonds. The van der Waals surface area contributed by atoms with Crippen molar-refractivity contribution in [1.82, 2.24) is 25.4 Å². The molecule has 0 aliphatic heterocycles. The Balaban J connectivity index is 0.00000364. The molecule has 1 heterocycles. The molecule has 7 nitrogen and oxygen atoms in total. The number of ether oxygens (including phenoxy) is 1. The molecule has 0 aliphatic carbocycles. The van der Waals surface area contributed by atoms with E-state index >= 15 is 0 Å². The van der Waals surface area contributed by atoms with Crippen LogP contribution in [0.15, 0.2) is 35.6 Å². The maximum absolute atomic E-state index is 6.21. The highest BCUT2D eigenvalue weighted by atomic mass is 127. The molecule has 9 heteroatoms. The van der Waals surface area contributed by atoms with E-state index in [-0.39, 0.29) is 24.0 Å². The SMILES string of the molecule is CCc1nncn1CCNC(=NCc1ccccc1Cl)NCCCOC.I. The normalized spacial score (nSPS) is 11.1. The number of guanidine groups is 1. The molecule has 27 heavy (non-hydrogen) atoms. The number of aryl methyl sites for hydroxylation is 1. The fraction of sp³-hybridized carbons (Fsp3) is 0.500. The van der Waals surface area contributed by atoms with Crippen molar-refractivity contribution < 1.29 is 4.74 Å². The van der Waals surface area contributed by atoms with Gasteiger partial charge < -0.3 is 19.9 Å². The third-order valence-electron chi connectivity index (χ3n) is 3.84. The van der Waals surface area contributed by atoms with Gasteiger partial charge >= 0.3 is 0 Å². The van der Waals surface area contributed by atoms with Crippen LogP contribution in [0.5, 0.6) is 0 Å². The Morgan fingerprint density at radius 2 is 2.04 bits per heavy atom. The monoisotopic (exact) mass is 506 g/mol. The molecule has 0 unspecified atom stereocenters. The molecule has 2 N–H and O–H groups in total. The number of nitrogens with zero attached hydrogens (tertiary/aromatic N) is 4. The van der Waals surface area contributed by atoms with E-state index in [0.29, 0.717) is 13.2 Å². The van der Waals surface area contributed by atoms with Gasteiger partial charge in [0.15, 0.2) is 5.96 Å². The lowest BCUT2D eigenvalue weighted by Gasteiger charge is -2.13. The van der Waals surface area contributed by atoms with Gasteiger partial charge in [0.1, 0.15) is 12.2 Å². The van der Waals surface area contributed by atoms with E-state index in [1.54, 1.807) is 13.4 Å². The smallest absolute Gasteiger partial charge is 0.191 e. The summed E-state index contributed by atoms with van der Waals surface area (Å²) >= 11 is 6.21. The van der Waals surface area contributed by atoms with E-state index in [1.807, 2.05) is 28.8 Å². The van der Waals surface area contributed by atoms with E-state index in [1.165, 1.54) is 0 Å². The molecule has 0 atom stereocenters. The maximum atomic E-state index is 6.21. The zero-order valence-corrected chi connectivity index (χ0v) is 18.9. The van der Waals surface area contributed by atoms with E-state index in [9.17, 15) is 0 Å².